The number of dihydropyridines is 1. The van der Waals surface area contributed by atoms with Crippen LogP contribution in [0.25, 0.3) is 0 Å². The Labute approximate surface area is 72.5 Å². The molecule has 13 heavy (non-hydrogen) atoms. The molecule has 74 valence electrons. The summed E-state index contributed by atoms with van der Waals surface area (Å²) in [4.78, 5) is 0.755. The van der Waals surface area contributed by atoms with Gasteiger partial charge in [0.15, 0.2) is 11.7 Å². The Kier molecular flexibility index (Phi) is 2.34. The van der Waals surface area contributed by atoms with E-state index in [9.17, 15) is 17.6 Å². The van der Waals surface area contributed by atoms with Crippen LogP contribution in [0.3, 0.4) is 0 Å². The van der Waals surface area contributed by atoms with E-state index in [-0.39, 0.29) is 6.08 Å². The Balaban J connectivity index is 3.05. The Bertz CT molecular complexity index is 284. The molecule has 0 fully saturated rings. The molecule has 1 N–H and O–H groups in total. The van der Waals surface area contributed by atoms with Gasteiger partial charge in [-0.05, 0) is 14.1 Å². The van der Waals surface area contributed by atoms with Crippen LogP contribution in [-0.4, -0.2) is 24.9 Å². The quantitative estimate of drug-likeness (QED) is 0.507. The zero-order valence-corrected chi connectivity index (χ0v) is 7.04. The third-order valence-corrected chi connectivity index (χ3v) is 1.67. The fourth-order valence-corrected chi connectivity index (χ4v) is 0.861. The van der Waals surface area contributed by atoms with Crippen molar-refractivity contribution in [1.82, 2.24) is 10.2 Å². The van der Waals surface area contributed by atoms with Crippen molar-refractivity contribution in [2.24, 2.45) is 0 Å². The molecule has 1 heterocycles. The van der Waals surface area contributed by atoms with Crippen LogP contribution in [0, 0.1) is 0 Å². The summed E-state index contributed by atoms with van der Waals surface area (Å²) < 4.78 is 51.2. The van der Waals surface area contributed by atoms with Crippen molar-refractivity contribution in [3.63, 3.8) is 0 Å². The molecule has 2 nitrogen and oxygen atoms in total. The topological polar surface area (TPSA) is 15.3 Å². The molecule has 1 atom stereocenters. The fraction of sp³-hybridized carbons (Fsp3) is 0.429. The second kappa shape index (κ2) is 3.02. The third kappa shape index (κ3) is 1.53. The molecule has 0 aromatic heterocycles. The van der Waals surface area contributed by atoms with Gasteiger partial charge >= 0.3 is 0 Å². The van der Waals surface area contributed by atoms with Gasteiger partial charge in [0.2, 0.25) is 5.95 Å². The SMILES string of the molecule is CN(C)C1(F)NC(F)=C(F)C=C1F. The second-order valence-electron chi connectivity index (χ2n) is 2.80. The van der Waals surface area contributed by atoms with Gasteiger partial charge in [0.05, 0.1) is 0 Å². The summed E-state index contributed by atoms with van der Waals surface area (Å²) in [5, 5.41) is 1.45. The number of nitrogens with zero attached hydrogens (tertiary/aromatic N) is 1. The van der Waals surface area contributed by atoms with Gasteiger partial charge in [-0.25, -0.2) is 8.78 Å². The van der Waals surface area contributed by atoms with Gasteiger partial charge in [-0.1, -0.05) is 0 Å². The molecule has 0 aliphatic carbocycles. The molecular weight excluding hydrogens is 188 g/mol. The molecule has 0 saturated heterocycles. The van der Waals surface area contributed by atoms with Crippen LogP contribution < -0.4 is 5.32 Å². The number of rotatable bonds is 1. The lowest BCUT2D eigenvalue weighted by Crippen LogP contribution is -2.53. The van der Waals surface area contributed by atoms with Crippen LogP contribution in [0.4, 0.5) is 17.6 Å². The average molecular weight is 196 g/mol. The van der Waals surface area contributed by atoms with Gasteiger partial charge < -0.3 is 5.32 Å². The van der Waals surface area contributed by atoms with E-state index >= 15 is 0 Å². The molecule has 1 aliphatic rings. The minimum absolute atomic E-state index is 0.172. The van der Waals surface area contributed by atoms with Gasteiger partial charge in [0.1, 0.15) is 0 Å². The van der Waals surface area contributed by atoms with Crippen molar-refractivity contribution in [2.75, 3.05) is 14.1 Å². The van der Waals surface area contributed by atoms with E-state index in [1.165, 1.54) is 19.4 Å². The Hall–Kier alpha value is -1.04. The number of alkyl halides is 1. The summed E-state index contributed by atoms with van der Waals surface area (Å²) in [5.74, 6) is -7.19. The molecule has 0 radical (unpaired) electrons. The Morgan fingerprint density at radius 2 is 1.85 bits per heavy atom. The van der Waals surface area contributed by atoms with Crippen molar-refractivity contribution in [2.45, 2.75) is 5.92 Å². The van der Waals surface area contributed by atoms with Crippen LogP contribution in [0.15, 0.2) is 23.7 Å². The first-order chi connectivity index (χ1) is 5.88. The molecule has 0 amide bonds. The van der Waals surface area contributed by atoms with Crippen molar-refractivity contribution in [3.05, 3.63) is 23.7 Å². The maximum Gasteiger partial charge on any atom is 0.292 e. The zero-order valence-electron chi connectivity index (χ0n) is 7.04. The van der Waals surface area contributed by atoms with Gasteiger partial charge in [0, 0.05) is 6.08 Å². The van der Waals surface area contributed by atoms with E-state index in [1.54, 1.807) is 0 Å². The van der Waals surface area contributed by atoms with Crippen molar-refractivity contribution < 1.29 is 17.6 Å². The highest BCUT2D eigenvalue weighted by Gasteiger charge is 2.42. The summed E-state index contributed by atoms with van der Waals surface area (Å²) in [6, 6.07) is 0. The van der Waals surface area contributed by atoms with Gasteiger partial charge in [0.25, 0.3) is 5.92 Å². The maximum absolute atomic E-state index is 13.4. The highest BCUT2D eigenvalue weighted by atomic mass is 19.2. The molecule has 0 saturated carbocycles. The number of allylic oxidation sites excluding steroid dienone is 2. The fourth-order valence-electron chi connectivity index (χ4n) is 0.861. The first-order valence-corrected chi connectivity index (χ1v) is 3.45. The highest BCUT2D eigenvalue weighted by molar-refractivity contribution is 5.27. The van der Waals surface area contributed by atoms with E-state index in [4.69, 9.17) is 0 Å². The van der Waals surface area contributed by atoms with E-state index in [2.05, 4.69) is 0 Å². The lowest BCUT2D eigenvalue weighted by molar-refractivity contribution is -0.0156. The van der Waals surface area contributed by atoms with Crippen LogP contribution in [0.2, 0.25) is 0 Å². The number of halogens is 4. The largest absolute Gasteiger partial charge is 0.309 e. The Morgan fingerprint density at radius 3 is 2.31 bits per heavy atom. The molecule has 1 aliphatic heterocycles. The van der Waals surface area contributed by atoms with E-state index in [0.29, 0.717) is 0 Å². The molecule has 0 spiro atoms. The number of hydrogen-bond donors (Lipinski definition) is 1. The van der Waals surface area contributed by atoms with E-state index in [1.807, 2.05) is 0 Å². The van der Waals surface area contributed by atoms with Crippen LogP contribution in [-0.2, 0) is 0 Å². The molecule has 1 rings (SSSR count). The second-order valence-corrected chi connectivity index (χ2v) is 2.80. The summed E-state index contributed by atoms with van der Waals surface area (Å²) in [7, 11) is 2.38. The van der Waals surface area contributed by atoms with Crippen LogP contribution in [0.1, 0.15) is 0 Å². The van der Waals surface area contributed by atoms with Crippen LogP contribution in [0.5, 0.6) is 0 Å². The molecule has 6 heteroatoms. The van der Waals surface area contributed by atoms with Crippen molar-refractivity contribution in [1.29, 1.82) is 0 Å². The zero-order chi connectivity index (χ0) is 10.2. The van der Waals surface area contributed by atoms with Gasteiger partial charge in [-0.15, -0.1) is 0 Å². The maximum atomic E-state index is 13.4. The monoisotopic (exact) mass is 196 g/mol. The predicted molar refractivity (Wildman–Crippen MR) is 39.1 cm³/mol. The molecule has 0 aromatic carbocycles. The smallest absolute Gasteiger partial charge is 0.292 e. The summed E-state index contributed by atoms with van der Waals surface area (Å²) in [6.45, 7) is 0. The third-order valence-electron chi connectivity index (χ3n) is 1.67. The minimum Gasteiger partial charge on any atom is -0.309 e. The molecule has 0 bridgehead atoms. The summed E-state index contributed by atoms with van der Waals surface area (Å²) >= 11 is 0. The lowest BCUT2D eigenvalue weighted by Gasteiger charge is -2.32. The number of hydrogen-bond acceptors (Lipinski definition) is 2. The van der Waals surface area contributed by atoms with Gasteiger partial charge in [-0.2, -0.15) is 8.78 Å². The van der Waals surface area contributed by atoms with Gasteiger partial charge in [-0.3, -0.25) is 4.90 Å². The van der Waals surface area contributed by atoms with E-state index in [0.717, 1.165) is 4.90 Å². The van der Waals surface area contributed by atoms with Crippen LogP contribution >= 0.6 is 0 Å². The lowest BCUT2D eigenvalue weighted by atomic mass is 10.2. The van der Waals surface area contributed by atoms with Crippen molar-refractivity contribution in [3.8, 4) is 0 Å². The first kappa shape index (κ1) is 10.0. The first-order valence-electron chi connectivity index (χ1n) is 3.45. The number of nitrogens with one attached hydrogen (secondary N) is 1. The highest BCUT2D eigenvalue weighted by Crippen LogP contribution is 2.30. The molecule has 0 aromatic rings. The summed E-state index contributed by atoms with van der Waals surface area (Å²) in [5.41, 5.74) is 0. The number of likely N-dealkylation sites (N-methyl/N-ethyl adjacent to an activating group) is 1. The van der Waals surface area contributed by atoms with E-state index < -0.39 is 23.5 Å². The Morgan fingerprint density at radius 1 is 1.31 bits per heavy atom. The molecular formula is C7H8F4N2. The standard InChI is InChI=1S/C7H8F4N2/c1-13(2)7(11)5(9)3-4(8)6(10)12-7/h3,12H,1-2H3. The van der Waals surface area contributed by atoms with Crippen molar-refractivity contribution >= 4 is 0 Å². The molecule has 1 unspecified atom stereocenters. The summed E-state index contributed by atoms with van der Waals surface area (Å²) in [6.07, 6.45) is 0.172. The predicted octanol–water partition coefficient (Wildman–Crippen LogP) is 1.74. The normalized spacial score (nSPS) is 29.0. The minimum atomic E-state index is -2.81. The average Bonchev–Trinajstić information content (AvgIpc) is 2.01.